The van der Waals surface area contributed by atoms with Crippen LogP contribution in [0.25, 0.3) is 5.57 Å². The lowest BCUT2D eigenvalue weighted by Gasteiger charge is -2.15. The van der Waals surface area contributed by atoms with Gasteiger partial charge in [0.2, 0.25) is 0 Å². The van der Waals surface area contributed by atoms with Gasteiger partial charge in [-0.05, 0) is 0 Å². The van der Waals surface area contributed by atoms with Gasteiger partial charge in [0.25, 0.3) is 0 Å². The van der Waals surface area contributed by atoms with Gasteiger partial charge in [0.05, 0.1) is 30.1 Å². The van der Waals surface area contributed by atoms with Gasteiger partial charge in [-0.3, -0.25) is 0 Å². The molecule has 0 atom stereocenters. The smallest absolute Gasteiger partial charge is 0.0819 e. The van der Waals surface area contributed by atoms with E-state index in [-0.39, 0.29) is 50.3 Å². The van der Waals surface area contributed by atoms with E-state index in [2.05, 4.69) is 0 Å². The fraction of sp³-hybridized carbons (Fsp3) is 0. The maximum Gasteiger partial charge on any atom is 0.126 e. The Morgan fingerprint density at radius 2 is 0.850 bits per heavy atom. The second-order valence-corrected chi connectivity index (χ2v) is 7.32. The zero-order chi connectivity index (χ0) is 15.8. The van der Waals surface area contributed by atoms with Crippen LogP contribution in [-0.4, -0.2) is 0 Å². The molecule has 0 heterocycles. The zero-order valence-corrected chi connectivity index (χ0v) is 16.3. The molecular weight excluding hydrogens is 475 g/mol. The Kier molecular flexibility index (Phi) is 7.78. The predicted octanol–water partition coefficient (Wildman–Crippen LogP) is 8.99. The lowest BCUT2D eigenvalue weighted by atomic mass is 10.1. The third-order valence-corrected chi connectivity index (χ3v) is 5.64. The molecule has 0 fully saturated rings. The molecule has 0 unspecified atom stereocenters. The van der Waals surface area contributed by atoms with Crippen molar-refractivity contribution < 1.29 is 0 Å². The quantitative estimate of drug-likeness (QED) is 0.228. The molecule has 10 heteroatoms. The van der Waals surface area contributed by atoms with Crippen LogP contribution >= 0.6 is 116 Å². The lowest BCUT2D eigenvalue weighted by molar-refractivity contribution is 1.60. The van der Waals surface area contributed by atoms with Gasteiger partial charge >= 0.3 is 0 Å². The first-order valence-corrected chi connectivity index (χ1v) is 8.17. The van der Waals surface area contributed by atoms with E-state index in [1.54, 1.807) is 0 Å². The molecule has 0 nitrogen and oxygen atoms in total. The molecule has 0 spiro atoms. The van der Waals surface area contributed by atoms with Crippen LogP contribution in [0.5, 0.6) is 0 Å². The summed E-state index contributed by atoms with van der Waals surface area (Å²) < 4.78 is -0.582. The monoisotopic (exact) mass is 470 g/mol. The van der Waals surface area contributed by atoms with Gasteiger partial charge in [-0.1, -0.05) is 116 Å². The average molecular weight is 475 g/mol. The molecule has 0 aliphatic rings. The SMILES string of the molecule is ClC(Cl)=C(Cl)C(=C(Cl)Cl)c1c(Cl)c(Cl)c(Cl)c(Cl)c1Cl. The van der Waals surface area contributed by atoms with Gasteiger partial charge in [-0.25, -0.2) is 0 Å². The Hall–Kier alpha value is 1.60. The first-order chi connectivity index (χ1) is 9.11. The maximum atomic E-state index is 6.08. The fourth-order valence-corrected chi connectivity index (χ4v) is 3.39. The van der Waals surface area contributed by atoms with Crippen LogP contribution in [0, 0.1) is 0 Å². The van der Waals surface area contributed by atoms with E-state index in [0.717, 1.165) is 0 Å². The summed E-state index contributed by atoms with van der Waals surface area (Å²) in [5, 5.41) is -0.374. The highest BCUT2D eigenvalue weighted by atomic mass is 35.5. The lowest BCUT2D eigenvalue weighted by Crippen LogP contribution is -1.93. The van der Waals surface area contributed by atoms with Crippen LogP contribution in [0.2, 0.25) is 25.1 Å². The van der Waals surface area contributed by atoms with Crippen molar-refractivity contribution in [2.75, 3.05) is 0 Å². The van der Waals surface area contributed by atoms with E-state index in [9.17, 15) is 0 Å². The molecule has 0 saturated carbocycles. The summed E-state index contributed by atoms with van der Waals surface area (Å²) >= 11 is 58.7. The number of rotatable bonds is 2. The topological polar surface area (TPSA) is 0 Å². The van der Waals surface area contributed by atoms with Gasteiger partial charge < -0.3 is 0 Å². The van der Waals surface area contributed by atoms with Crippen LogP contribution in [0.15, 0.2) is 14.0 Å². The van der Waals surface area contributed by atoms with Crippen LogP contribution in [0.4, 0.5) is 0 Å². The number of hydrogen-bond acceptors (Lipinski definition) is 0. The minimum atomic E-state index is -0.296. The molecule has 0 N–H and O–H groups in total. The Morgan fingerprint density at radius 3 is 1.15 bits per heavy atom. The van der Waals surface area contributed by atoms with Gasteiger partial charge in [0, 0.05) is 11.1 Å². The third kappa shape index (κ3) is 3.92. The maximum absolute atomic E-state index is 6.08. The molecule has 0 amide bonds. The molecule has 20 heavy (non-hydrogen) atoms. The van der Waals surface area contributed by atoms with Crippen LogP contribution in [0.1, 0.15) is 5.56 Å². The van der Waals surface area contributed by atoms with E-state index in [4.69, 9.17) is 116 Å². The Labute approximate surface area is 165 Å². The van der Waals surface area contributed by atoms with Gasteiger partial charge in [-0.15, -0.1) is 0 Å². The first-order valence-electron chi connectivity index (χ1n) is 4.39. The second-order valence-electron chi connectivity index (χ2n) is 3.15. The fourth-order valence-electron chi connectivity index (χ4n) is 1.21. The zero-order valence-electron chi connectivity index (χ0n) is 8.78. The average Bonchev–Trinajstić information content (AvgIpc) is 2.37. The summed E-state index contributed by atoms with van der Waals surface area (Å²) in [5.74, 6) is 0. The van der Waals surface area contributed by atoms with Gasteiger partial charge in [0.1, 0.15) is 8.98 Å². The first kappa shape index (κ1) is 19.6. The van der Waals surface area contributed by atoms with Crippen molar-refractivity contribution in [2.45, 2.75) is 0 Å². The van der Waals surface area contributed by atoms with Crippen LogP contribution in [-0.2, 0) is 0 Å². The summed E-state index contributed by atoms with van der Waals surface area (Å²) in [5.41, 5.74) is 0.0435. The minimum Gasteiger partial charge on any atom is -0.0819 e. The largest absolute Gasteiger partial charge is 0.126 e. The van der Waals surface area contributed by atoms with Crippen LogP contribution in [0.3, 0.4) is 0 Å². The van der Waals surface area contributed by atoms with Crippen molar-refractivity contribution >= 4 is 122 Å². The number of allylic oxidation sites excluding steroid dienone is 2. The molecule has 1 aromatic rings. The molecule has 0 bridgehead atoms. The molecule has 1 rings (SSSR count). The molecule has 0 saturated heterocycles. The highest BCUT2D eigenvalue weighted by molar-refractivity contribution is 6.65. The Bertz CT molecular complexity index is 590. The number of halogens is 10. The molecule has 1 aromatic carbocycles. The Balaban J connectivity index is 3.88. The van der Waals surface area contributed by atoms with Crippen molar-refractivity contribution in [3.63, 3.8) is 0 Å². The summed E-state index contributed by atoms with van der Waals surface area (Å²) in [4.78, 5) is 0. The molecule has 0 aliphatic heterocycles. The van der Waals surface area contributed by atoms with E-state index >= 15 is 0 Å². The number of hydrogen-bond donors (Lipinski definition) is 0. The predicted molar refractivity (Wildman–Crippen MR) is 94.7 cm³/mol. The normalized spacial score (nSPS) is 10.5. The third-order valence-electron chi connectivity index (χ3n) is 2.03. The van der Waals surface area contributed by atoms with E-state index in [1.807, 2.05) is 0 Å². The molecule has 0 aromatic heterocycles. The molecule has 0 radical (unpaired) electrons. The second kappa shape index (κ2) is 7.93. The van der Waals surface area contributed by atoms with Gasteiger partial charge in [0.15, 0.2) is 0 Å². The van der Waals surface area contributed by atoms with Crippen molar-refractivity contribution in [2.24, 2.45) is 0 Å². The molecule has 110 valence electrons. The van der Waals surface area contributed by atoms with E-state index in [0.29, 0.717) is 0 Å². The van der Waals surface area contributed by atoms with E-state index < -0.39 is 0 Å². The van der Waals surface area contributed by atoms with E-state index in [1.165, 1.54) is 0 Å². The summed E-state index contributed by atoms with van der Waals surface area (Å²) in [6.45, 7) is 0. The molecule has 0 aliphatic carbocycles. The van der Waals surface area contributed by atoms with Gasteiger partial charge in [-0.2, -0.15) is 0 Å². The van der Waals surface area contributed by atoms with Crippen molar-refractivity contribution in [3.8, 4) is 0 Å². The van der Waals surface area contributed by atoms with Crippen LogP contribution < -0.4 is 0 Å². The standard InChI is InChI=1S/C10Cl10/c11-3-1(2(9(17)18)5(13)10(19)20)4(12)7(15)8(16)6(3)14. The highest BCUT2D eigenvalue weighted by Crippen LogP contribution is 2.50. The van der Waals surface area contributed by atoms with Crippen molar-refractivity contribution in [1.82, 2.24) is 0 Å². The minimum absolute atomic E-state index is 0.0193. The summed E-state index contributed by atoms with van der Waals surface area (Å²) in [6, 6.07) is 0. The molecular formula is C10Cl10. The highest BCUT2D eigenvalue weighted by Gasteiger charge is 2.25. The summed E-state index contributed by atoms with van der Waals surface area (Å²) in [6.07, 6.45) is 0. The van der Waals surface area contributed by atoms with Crippen molar-refractivity contribution in [3.05, 3.63) is 44.7 Å². The van der Waals surface area contributed by atoms with Crippen molar-refractivity contribution in [1.29, 1.82) is 0 Å². The summed E-state index contributed by atoms with van der Waals surface area (Å²) in [7, 11) is 0. The number of benzene rings is 1. The Morgan fingerprint density at radius 1 is 0.500 bits per heavy atom.